The second-order valence-corrected chi connectivity index (χ2v) is 7.33. The molecule has 3 nitrogen and oxygen atoms in total. The number of piperazine rings is 1. The first-order valence-corrected chi connectivity index (χ1v) is 8.64. The third kappa shape index (κ3) is 4.70. The number of carbonyl (C=O) groups is 1. The molecule has 1 aromatic heterocycles. The second-order valence-electron chi connectivity index (χ2n) is 5.61. The quantitative estimate of drug-likeness (QED) is 0.812. The van der Waals surface area contributed by atoms with E-state index in [1.807, 2.05) is 42.2 Å². The first-order chi connectivity index (χ1) is 10.6. The number of aryl methyl sites for hydroxylation is 1. The van der Waals surface area contributed by atoms with Gasteiger partial charge < -0.3 is 4.90 Å². The van der Waals surface area contributed by atoms with E-state index >= 15 is 0 Å². The lowest BCUT2D eigenvalue weighted by Crippen LogP contribution is -2.48. The first-order valence-electron chi connectivity index (χ1n) is 7.44. The van der Waals surface area contributed by atoms with Gasteiger partial charge in [0.05, 0.1) is 4.88 Å². The maximum atomic E-state index is 12.4. The first kappa shape index (κ1) is 18.3. The summed E-state index contributed by atoms with van der Waals surface area (Å²) in [7, 11) is 0. The topological polar surface area (TPSA) is 23.6 Å². The van der Waals surface area contributed by atoms with Gasteiger partial charge >= 0.3 is 0 Å². The Kier molecular flexibility index (Phi) is 6.48. The van der Waals surface area contributed by atoms with Crippen molar-refractivity contribution in [2.24, 2.45) is 0 Å². The molecule has 3 rings (SSSR count). The Morgan fingerprint density at radius 3 is 2.52 bits per heavy atom. The minimum Gasteiger partial charge on any atom is -0.335 e. The van der Waals surface area contributed by atoms with Crippen molar-refractivity contribution in [2.75, 3.05) is 26.2 Å². The maximum Gasteiger partial charge on any atom is 0.264 e. The van der Waals surface area contributed by atoms with Crippen LogP contribution in [0, 0.1) is 6.92 Å². The summed E-state index contributed by atoms with van der Waals surface area (Å²) in [4.78, 5) is 18.8. The number of hydrogen-bond acceptors (Lipinski definition) is 3. The molecule has 0 bridgehead atoms. The summed E-state index contributed by atoms with van der Waals surface area (Å²) < 4.78 is 0. The van der Waals surface area contributed by atoms with E-state index < -0.39 is 0 Å². The van der Waals surface area contributed by atoms with Gasteiger partial charge in [0.25, 0.3) is 5.91 Å². The van der Waals surface area contributed by atoms with Crippen LogP contribution in [0.15, 0.2) is 36.4 Å². The Morgan fingerprint density at radius 2 is 1.91 bits per heavy atom. The number of nitrogens with zero attached hydrogens (tertiary/aromatic N) is 2. The predicted molar refractivity (Wildman–Crippen MR) is 98.9 cm³/mol. The van der Waals surface area contributed by atoms with E-state index in [9.17, 15) is 4.79 Å². The van der Waals surface area contributed by atoms with Gasteiger partial charge in [-0.15, -0.1) is 23.7 Å². The lowest BCUT2D eigenvalue weighted by Gasteiger charge is -2.34. The number of thiophene rings is 1. The molecule has 0 radical (unpaired) electrons. The van der Waals surface area contributed by atoms with Crippen LogP contribution in [-0.4, -0.2) is 41.9 Å². The number of carbonyl (C=O) groups excluding carboxylic acids is 1. The van der Waals surface area contributed by atoms with E-state index in [0.717, 1.165) is 42.6 Å². The largest absolute Gasteiger partial charge is 0.335 e. The molecule has 124 valence electrons. The van der Waals surface area contributed by atoms with Crippen LogP contribution in [0.25, 0.3) is 0 Å². The van der Waals surface area contributed by atoms with Gasteiger partial charge in [0.15, 0.2) is 0 Å². The summed E-state index contributed by atoms with van der Waals surface area (Å²) in [6, 6.07) is 11.9. The summed E-state index contributed by atoms with van der Waals surface area (Å²) in [5.74, 6) is 0.167. The molecule has 1 aliphatic rings. The molecule has 1 amide bonds. The van der Waals surface area contributed by atoms with Crippen molar-refractivity contribution in [2.45, 2.75) is 13.5 Å². The molecule has 1 saturated heterocycles. The van der Waals surface area contributed by atoms with Gasteiger partial charge in [-0.05, 0) is 36.8 Å². The van der Waals surface area contributed by atoms with Crippen molar-refractivity contribution < 1.29 is 4.79 Å². The number of benzene rings is 1. The van der Waals surface area contributed by atoms with Crippen LogP contribution in [0.5, 0.6) is 0 Å². The lowest BCUT2D eigenvalue weighted by atomic mass is 10.2. The summed E-state index contributed by atoms with van der Waals surface area (Å²) in [5, 5.41) is 0.777. The Labute approximate surface area is 152 Å². The second kappa shape index (κ2) is 8.15. The van der Waals surface area contributed by atoms with Gasteiger partial charge in [0.2, 0.25) is 0 Å². The molecule has 0 unspecified atom stereocenters. The average molecular weight is 371 g/mol. The van der Waals surface area contributed by atoms with Gasteiger partial charge in [-0.1, -0.05) is 23.7 Å². The van der Waals surface area contributed by atoms with E-state index in [0.29, 0.717) is 0 Å². The Hall–Kier alpha value is -1.07. The third-order valence-electron chi connectivity index (χ3n) is 3.91. The van der Waals surface area contributed by atoms with Crippen molar-refractivity contribution in [3.8, 4) is 0 Å². The smallest absolute Gasteiger partial charge is 0.264 e. The molecule has 1 aliphatic heterocycles. The highest BCUT2D eigenvalue weighted by Crippen LogP contribution is 2.19. The van der Waals surface area contributed by atoms with Gasteiger partial charge in [-0.2, -0.15) is 0 Å². The zero-order valence-corrected chi connectivity index (χ0v) is 15.4. The number of halogens is 2. The zero-order chi connectivity index (χ0) is 15.5. The molecule has 1 aromatic carbocycles. The highest BCUT2D eigenvalue weighted by Gasteiger charge is 2.22. The molecule has 6 heteroatoms. The van der Waals surface area contributed by atoms with Gasteiger partial charge in [-0.25, -0.2) is 0 Å². The molecule has 2 aromatic rings. The van der Waals surface area contributed by atoms with Crippen LogP contribution in [0.4, 0.5) is 0 Å². The molecule has 23 heavy (non-hydrogen) atoms. The minimum atomic E-state index is 0. The Bertz CT molecular complexity index is 666. The maximum absolute atomic E-state index is 12.4. The molecule has 0 N–H and O–H groups in total. The molecule has 2 heterocycles. The van der Waals surface area contributed by atoms with Crippen molar-refractivity contribution >= 4 is 41.3 Å². The minimum absolute atomic E-state index is 0. The highest BCUT2D eigenvalue weighted by molar-refractivity contribution is 7.13. The van der Waals surface area contributed by atoms with E-state index in [-0.39, 0.29) is 18.3 Å². The third-order valence-corrected chi connectivity index (χ3v) is 5.13. The molecular formula is C17H20Cl2N2OS. The fourth-order valence-corrected chi connectivity index (χ4v) is 3.76. The van der Waals surface area contributed by atoms with Crippen LogP contribution in [0.2, 0.25) is 5.02 Å². The van der Waals surface area contributed by atoms with E-state index in [4.69, 9.17) is 11.6 Å². The fraction of sp³-hybridized carbons (Fsp3) is 0.353. The van der Waals surface area contributed by atoms with Crippen LogP contribution < -0.4 is 0 Å². The van der Waals surface area contributed by atoms with Crippen LogP contribution in [0.3, 0.4) is 0 Å². The highest BCUT2D eigenvalue weighted by atomic mass is 35.5. The molecule has 0 saturated carbocycles. The number of rotatable bonds is 3. The van der Waals surface area contributed by atoms with Gasteiger partial charge in [0, 0.05) is 42.6 Å². The Balaban J connectivity index is 0.00000192. The molecule has 0 aliphatic carbocycles. The normalized spacial score (nSPS) is 15.3. The van der Waals surface area contributed by atoms with Gasteiger partial charge in [-0.3, -0.25) is 9.69 Å². The monoisotopic (exact) mass is 370 g/mol. The van der Waals surface area contributed by atoms with Crippen molar-refractivity contribution in [3.05, 3.63) is 56.7 Å². The Morgan fingerprint density at radius 1 is 1.17 bits per heavy atom. The molecule has 0 spiro atoms. The zero-order valence-electron chi connectivity index (χ0n) is 13.0. The van der Waals surface area contributed by atoms with Crippen molar-refractivity contribution in [1.29, 1.82) is 0 Å². The van der Waals surface area contributed by atoms with E-state index in [1.54, 1.807) is 11.3 Å². The van der Waals surface area contributed by atoms with E-state index in [2.05, 4.69) is 11.0 Å². The summed E-state index contributed by atoms with van der Waals surface area (Å²) in [6.45, 7) is 6.31. The molecular weight excluding hydrogens is 351 g/mol. The summed E-state index contributed by atoms with van der Waals surface area (Å²) >= 11 is 7.60. The predicted octanol–water partition coefficient (Wildman–Crippen LogP) is 4.09. The van der Waals surface area contributed by atoms with Crippen LogP contribution >= 0.6 is 35.3 Å². The average Bonchev–Trinajstić information content (AvgIpc) is 2.94. The lowest BCUT2D eigenvalue weighted by molar-refractivity contribution is 0.0633. The SMILES string of the molecule is Cc1ccc(C(=O)N2CCN(Cc3cccc(Cl)c3)CC2)s1.Cl. The summed E-state index contributed by atoms with van der Waals surface area (Å²) in [5.41, 5.74) is 1.22. The standard InChI is InChI=1S/C17H19ClN2OS.ClH/c1-13-5-6-16(22-13)17(21)20-9-7-19(8-10-20)12-14-3-2-4-15(18)11-14;/h2-6,11H,7-10,12H2,1H3;1H. The fourth-order valence-electron chi connectivity index (χ4n) is 2.71. The van der Waals surface area contributed by atoms with Crippen molar-refractivity contribution in [1.82, 2.24) is 9.80 Å². The van der Waals surface area contributed by atoms with Gasteiger partial charge in [0.1, 0.15) is 0 Å². The number of hydrogen-bond donors (Lipinski definition) is 0. The molecule has 0 atom stereocenters. The number of amides is 1. The van der Waals surface area contributed by atoms with Crippen LogP contribution in [0.1, 0.15) is 20.1 Å². The van der Waals surface area contributed by atoms with Crippen LogP contribution in [-0.2, 0) is 6.54 Å². The van der Waals surface area contributed by atoms with Crippen molar-refractivity contribution in [3.63, 3.8) is 0 Å². The molecule has 1 fully saturated rings. The summed E-state index contributed by atoms with van der Waals surface area (Å²) in [6.07, 6.45) is 0. The van der Waals surface area contributed by atoms with E-state index in [1.165, 1.54) is 10.4 Å².